The topological polar surface area (TPSA) is 53.0 Å². The van der Waals surface area contributed by atoms with E-state index >= 15 is 0 Å². The summed E-state index contributed by atoms with van der Waals surface area (Å²) < 4.78 is 13.6. The standard InChI is InChI=1S/C14H20FN3/c1-9-7-14(18(4)10(2)5-6-16)12(11(3)17)8-13(9)15/h7-8,10-11H,5,17H2,1-4H3. The molecule has 1 aromatic carbocycles. The average Bonchev–Trinajstić information content (AvgIpc) is 2.31. The van der Waals surface area contributed by atoms with Crippen molar-refractivity contribution in [3.05, 3.63) is 29.1 Å². The van der Waals surface area contributed by atoms with Crippen LogP contribution in [-0.4, -0.2) is 13.1 Å². The van der Waals surface area contributed by atoms with Gasteiger partial charge in [0, 0.05) is 24.8 Å². The SMILES string of the molecule is Cc1cc(N(C)C(C)CC#N)c(C(C)N)cc1F. The molecule has 1 aromatic rings. The number of aryl methyl sites for hydroxylation is 1. The second-order valence-electron chi connectivity index (χ2n) is 4.77. The number of anilines is 1. The van der Waals surface area contributed by atoms with Gasteiger partial charge in [-0.2, -0.15) is 5.26 Å². The Morgan fingerprint density at radius 1 is 1.44 bits per heavy atom. The summed E-state index contributed by atoms with van der Waals surface area (Å²) in [5.74, 6) is -0.243. The van der Waals surface area contributed by atoms with Crippen LogP contribution in [0.3, 0.4) is 0 Å². The first-order valence-electron chi connectivity index (χ1n) is 6.03. The predicted octanol–water partition coefficient (Wildman–Crippen LogP) is 2.89. The molecule has 0 spiro atoms. The van der Waals surface area contributed by atoms with Crippen LogP contribution < -0.4 is 10.6 Å². The highest BCUT2D eigenvalue weighted by Gasteiger charge is 2.17. The lowest BCUT2D eigenvalue weighted by molar-refractivity contribution is 0.610. The van der Waals surface area contributed by atoms with Crippen LogP contribution in [-0.2, 0) is 0 Å². The highest BCUT2D eigenvalue weighted by atomic mass is 19.1. The van der Waals surface area contributed by atoms with E-state index in [2.05, 4.69) is 6.07 Å². The first kappa shape index (κ1) is 14.5. The lowest BCUT2D eigenvalue weighted by atomic mass is 10.0. The molecule has 18 heavy (non-hydrogen) atoms. The molecule has 0 aromatic heterocycles. The van der Waals surface area contributed by atoms with Gasteiger partial charge < -0.3 is 10.6 Å². The van der Waals surface area contributed by atoms with Crippen molar-refractivity contribution < 1.29 is 4.39 Å². The van der Waals surface area contributed by atoms with Gasteiger partial charge in [-0.05, 0) is 44.0 Å². The summed E-state index contributed by atoms with van der Waals surface area (Å²) in [6.45, 7) is 5.52. The van der Waals surface area contributed by atoms with Crippen LogP contribution >= 0.6 is 0 Å². The van der Waals surface area contributed by atoms with Gasteiger partial charge in [-0.1, -0.05) is 0 Å². The van der Waals surface area contributed by atoms with Crippen molar-refractivity contribution in [3.8, 4) is 6.07 Å². The number of hydrogen-bond donors (Lipinski definition) is 1. The minimum absolute atomic E-state index is 0.0670. The van der Waals surface area contributed by atoms with Crippen molar-refractivity contribution in [2.24, 2.45) is 5.73 Å². The molecule has 0 bridgehead atoms. The molecule has 0 saturated carbocycles. The number of rotatable bonds is 4. The van der Waals surface area contributed by atoms with Crippen molar-refractivity contribution in [1.29, 1.82) is 5.26 Å². The summed E-state index contributed by atoms with van der Waals surface area (Å²) in [6.07, 6.45) is 0.422. The molecule has 0 fully saturated rings. The fourth-order valence-electron chi connectivity index (χ4n) is 1.86. The Morgan fingerprint density at radius 3 is 2.56 bits per heavy atom. The molecule has 98 valence electrons. The maximum atomic E-state index is 13.6. The van der Waals surface area contributed by atoms with Crippen LogP contribution in [0.1, 0.15) is 37.4 Å². The Hall–Kier alpha value is -1.60. The number of halogens is 1. The van der Waals surface area contributed by atoms with Gasteiger partial charge in [0.15, 0.2) is 0 Å². The monoisotopic (exact) mass is 249 g/mol. The summed E-state index contributed by atoms with van der Waals surface area (Å²) in [4.78, 5) is 1.98. The third kappa shape index (κ3) is 2.99. The smallest absolute Gasteiger partial charge is 0.126 e. The van der Waals surface area contributed by atoms with E-state index < -0.39 is 0 Å². The van der Waals surface area contributed by atoms with Crippen LogP contribution in [0.15, 0.2) is 12.1 Å². The highest BCUT2D eigenvalue weighted by molar-refractivity contribution is 5.57. The lowest BCUT2D eigenvalue weighted by Gasteiger charge is -2.29. The fraction of sp³-hybridized carbons (Fsp3) is 0.500. The van der Waals surface area contributed by atoms with Gasteiger partial charge in [0.05, 0.1) is 12.5 Å². The third-order valence-electron chi connectivity index (χ3n) is 3.23. The molecular formula is C14H20FN3. The van der Waals surface area contributed by atoms with Gasteiger partial charge in [0.25, 0.3) is 0 Å². The Kier molecular flexibility index (Phi) is 4.69. The van der Waals surface area contributed by atoms with Crippen LogP contribution in [0.4, 0.5) is 10.1 Å². The van der Waals surface area contributed by atoms with E-state index in [1.165, 1.54) is 6.07 Å². The molecule has 0 radical (unpaired) electrons. The van der Waals surface area contributed by atoms with Gasteiger partial charge in [0.2, 0.25) is 0 Å². The fourth-order valence-corrected chi connectivity index (χ4v) is 1.86. The highest BCUT2D eigenvalue weighted by Crippen LogP contribution is 2.29. The number of nitrogens with zero attached hydrogens (tertiary/aromatic N) is 2. The van der Waals surface area contributed by atoms with Crippen molar-refractivity contribution in [2.75, 3.05) is 11.9 Å². The quantitative estimate of drug-likeness (QED) is 0.892. The number of hydrogen-bond acceptors (Lipinski definition) is 3. The molecule has 0 aliphatic rings. The molecule has 4 heteroatoms. The Morgan fingerprint density at radius 2 is 2.06 bits per heavy atom. The van der Waals surface area contributed by atoms with Crippen molar-refractivity contribution >= 4 is 5.69 Å². The lowest BCUT2D eigenvalue weighted by Crippen LogP contribution is -2.30. The molecule has 0 aliphatic carbocycles. The molecule has 2 N–H and O–H groups in total. The van der Waals surface area contributed by atoms with E-state index in [1.807, 2.05) is 25.8 Å². The van der Waals surface area contributed by atoms with E-state index in [0.717, 1.165) is 11.3 Å². The maximum Gasteiger partial charge on any atom is 0.126 e. The molecule has 2 unspecified atom stereocenters. The zero-order valence-electron chi connectivity index (χ0n) is 11.4. The van der Waals surface area contributed by atoms with E-state index in [0.29, 0.717) is 12.0 Å². The third-order valence-corrected chi connectivity index (χ3v) is 3.23. The summed E-state index contributed by atoms with van der Waals surface area (Å²) in [6, 6.07) is 5.25. The van der Waals surface area contributed by atoms with E-state index in [9.17, 15) is 4.39 Å². The van der Waals surface area contributed by atoms with Crippen molar-refractivity contribution in [3.63, 3.8) is 0 Å². The largest absolute Gasteiger partial charge is 0.371 e. The van der Waals surface area contributed by atoms with E-state index in [1.54, 1.807) is 13.0 Å². The van der Waals surface area contributed by atoms with E-state index in [4.69, 9.17) is 11.0 Å². The summed E-state index contributed by atoms with van der Waals surface area (Å²) in [5, 5.41) is 8.75. The summed E-state index contributed by atoms with van der Waals surface area (Å²) in [7, 11) is 1.90. The number of nitriles is 1. The molecular weight excluding hydrogens is 229 g/mol. The molecule has 0 amide bonds. The first-order valence-corrected chi connectivity index (χ1v) is 6.03. The second kappa shape index (κ2) is 5.83. The summed E-state index contributed by atoms with van der Waals surface area (Å²) >= 11 is 0. The zero-order chi connectivity index (χ0) is 13.9. The van der Waals surface area contributed by atoms with E-state index in [-0.39, 0.29) is 17.9 Å². The Balaban J connectivity index is 3.22. The number of nitrogens with two attached hydrogens (primary N) is 1. The van der Waals surface area contributed by atoms with Gasteiger partial charge >= 0.3 is 0 Å². The van der Waals surface area contributed by atoms with Crippen molar-refractivity contribution in [1.82, 2.24) is 0 Å². The molecule has 2 atom stereocenters. The minimum atomic E-state index is -0.244. The second-order valence-corrected chi connectivity index (χ2v) is 4.77. The Bertz CT molecular complexity index is 463. The van der Waals surface area contributed by atoms with Crippen LogP contribution in [0.25, 0.3) is 0 Å². The Labute approximate surface area is 108 Å². The van der Waals surface area contributed by atoms with Crippen LogP contribution in [0.5, 0.6) is 0 Å². The molecule has 0 heterocycles. The molecule has 1 rings (SSSR count). The predicted molar refractivity (Wildman–Crippen MR) is 71.8 cm³/mol. The van der Waals surface area contributed by atoms with Gasteiger partial charge in [-0.25, -0.2) is 4.39 Å². The average molecular weight is 249 g/mol. The minimum Gasteiger partial charge on any atom is -0.371 e. The van der Waals surface area contributed by atoms with Gasteiger partial charge in [-0.3, -0.25) is 0 Å². The molecule has 0 aliphatic heterocycles. The number of benzene rings is 1. The first-order chi connectivity index (χ1) is 8.38. The normalized spacial score (nSPS) is 13.8. The van der Waals surface area contributed by atoms with Gasteiger partial charge in [0.1, 0.15) is 5.82 Å². The van der Waals surface area contributed by atoms with Crippen LogP contribution in [0.2, 0.25) is 0 Å². The van der Waals surface area contributed by atoms with Crippen molar-refractivity contribution in [2.45, 2.75) is 39.3 Å². The van der Waals surface area contributed by atoms with Crippen LogP contribution in [0, 0.1) is 24.1 Å². The molecule has 3 nitrogen and oxygen atoms in total. The summed E-state index contributed by atoms with van der Waals surface area (Å²) in [5.41, 5.74) is 8.14. The molecule has 0 saturated heterocycles. The zero-order valence-corrected chi connectivity index (χ0v) is 11.4. The maximum absolute atomic E-state index is 13.6. The van der Waals surface area contributed by atoms with Gasteiger partial charge in [-0.15, -0.1) is 0 Å².